The third kappa shape index (κ3) is 3.71. The number of esters is 1. The van der Waals surface area contributed by atoms with E-state index < -0.39 is 5.97 Å². The molecule has 1 amide bonds. The first-order chi connectivity index (χ1) is 14.2. The van der Waals surface area contributed by atoms with Crippen molar-refractivity contribution in [2.24, 2.45) is 0 Å². The highest BCUT2D eigenvalue weighted by Gasteiger charge is 2.18. The van der Waals surface area contributed by atoms with Crippen LogP contribution in [0.2, 0.25) is 0 Å². The number of aromatic nitrogens is 1. The molecule has 0 atom stereocenters. The van der Waals surface area contributed by atoms with E-state index in [2.05, 4.69) is 10.3 Å². The Labute approximate surface area is 168 Å². The smallest absolute Gasteiger partial charge is 0.337 e. The van der Waals surface area contributed by atoms with Gasteiger partial charge in [-0.2, -0.15) is 0 Å². The summed E-state index contributed by atoms with van der Waals surface area (Å²) in [6.45, 7) is 0. The zero-order valence-electron chi connectivity index (χ0n) is 15.8. The SMILES string of the molecule is COC(=O)c1ccc(-c2cnc3ccccc3c2C(=O)Nc2ccccc2)cc1. The number of carbonyl (C=O) groups excluding carboxylic acids is 2. The standard InChI is InChI=1S/C24H18N2O3/c1-29-24(28)17-13-11-16(12-14-17)20-15-25-21-10-6-5-9-19(21)22(20)23(27)26-18-7-3-2-4-8-18/h2-15H,1H3,(H,26,27). The lowest BCUT2D eigenvalue weighted by molar-refractivity contribution is 0.0600. The summed E-state index contributed by atoms with van der Waals surface area (Å²) in [4.78, 5) is 29.5. The lowest BCUT2D eigenvalue weighted by Crippen LogP contribution is -2.14. The van der Waals surface area contributed by atoms with E-state index >= 15 is 0 Å². The van der Waals surface area contributed by atoms with Crippen molar-refractivity contribution in [3.8, 4) is 11.1 Å². The van der Waals surface area contributed by atoms with Crippen molar-refractivity contribution in [1.82, 2.24) is 4.98 Å². The minimum atomic E-state index is -0.407. The number of rotatable bonds is 4. The van der Waals surface area contributed by atoms with Gasteiger partial charge in [-0.1, -0.05) is 48.5 Å². The average Bonchev–Trinajstić information content (AvgIpc) is 2.78. The molecule has 1 aromatic heterocycles. The molecule has 0 aliphatic heterocycles. The van der Waals surface area contributed by atoms with Gasteiger partial charge in [0.2, 0.25) is 0 Å². The summed E-state index contributed by atoms with van der Waals surface area (Å²) < 4.78 is 4.75. The topological polar surface area (TPSA) is 68.3 Å². The van der Waals surface area contributed by atoms with Crippen LogP contribution in [0.1, 0.15) is 20.7 Å². The lowest BCUT2D eigenvalue weighted by Gasteiger charge is -2.13. The second kappa shape index (κ2) is 7.94. The van der Waals surface area contributed by atoms with Crippen LogP contribution in [-0.4, -0.2) is 24.0 Å². The van der Waals surface area contributed by atoms with Crippen LogP contribution in [0.25, 0.3) is 22.0 Å². The normalized spacial score (nSPS) is 10.5. The molecule has 3 aromatic carbocycles. The molecule has 0 saturated heterocycles. The van der Waals surface area contributed by atoms with Gasteiger partial charge in [0.05, 0.1) is 23.8 Å². The summed E-state index contributed by atoms with van der Waals surface area (Å²) in [5.74, 6) is -0.628. The molecule has 0 bridgehead atoms. The van der Waals surface area contributed by atoms with Crippen LogP contribution in [0.4, 0.5) is 5.69 Å². The first-order valence-corrected chi connectivity index (χ1v) is 9.10. The minimum Gasteiger partial charge on any atom is -0.465 e. The minimum absolute atomic E-state index is 0.221. The van der Waals surface area contributed by atoms with Crippen molar-refractivity contribution in [3.63, 3.8) is 0 Å². The van der Waals surface area contributed by atoms with E-state index in [-0.39, 0.29) is 5.91 Å². The molecule has 0 radical (unpaired) electrons. The quantitative estimate of drug-likeness (QED) is 0.508. The largest absolute Gasteiger partial charge is 0.465 e. The van der Waals surface area contributed by atoms with Crippen molar-refractivity contribution >= 4 is 28.5 Å². The first kappa shape index (κ1) is 18.4. The predicted molar refractivity (Wildman–Crippen MR) is 113 cm³/mol. The number of hydrogen-bond acceptors (Lipinski definition) is 4. The molecule has 4 aromatic rings. The van der Waals surface area contributed by atoms with Crippen LogP contribution < -0.4 is 5.32 Å². The summed E-state index contributed by atoms with van der Waals surface area (Å²) in [5.41, 5.74) is 3.90. The number of anilines is 1. The maximum absolute atomic E-state index is 13.2. The van der Waals surface area contributed by atoms with Crippen LogP contribution in [0.3, 0.4) is 0 Å². The van der Waals surface area contributed by atoms with E-state index in [1.165, 1.54) is 7.11 Å². The zero-order chi connectivity index (χ0) is 20.2. The predicted octanol–water partition coefficient (Wildman–Crippen LogP) is 4.94. The van der Waals surface area contributed by atoms with Gasteiger partial charge in [0.1, 0.15) is 0 Å². The Balaban J connectivity index is 1.83. The third-order valence-corrected chi connectivity index (χ3v) is 4.65. The van der Waals surface area contributed by atoms with Gasteiger partial charge in [-0.05, 0) is 35.9 Å². The Hall–Kier alpha value is -3.99. The van der Waals surface area contributed by atoms with E-state index in [0.717, 1.165) is 16.5 Å². The maximum Gasteiger partial charge on any atom is 0.337 e. The number of nitrogens with one attached hydrogen (secondary N) is 1. The van der Waals surface area contributed by atoms with Crippen LogP contribution in [-0.2, 0) is 4.74 Å². The molecular weight excluding hydrogens is 364 g/mol. The Morgan fingerprint density at radius 2 is 1.55 bits per heavy atom. The van der Waals surface area contributed by atoms with Gasteiger partial charge < -0.3 is 10.1 Å². The summed E-state index contributed by atoms with van der Waals surface area (Å²) in [7, 11) is 1.34. The molecule has 0 aliphatic carbocycles. The number of nitrogens with zero attached hydrogens (tertiary/aromatic N) is 1. The fourth-order valence-corrected chi connectivity index (χ4v) is 3.22. The van der Waals surface area contributed by atoms with Crippen molar-refractivity contribution in [1.29, 1.82) is 0 Å². The van der Waals surface area contributed by atoms with Crippen LogP contribution in [0.15, 0.2) is 85.1 Å². The van der Waals surface area contributed by atoms with Gasteiger partial charge >= 0.3 is 5.97 Å². The molecule has 142 valence electrons. The van der Waals surface area contributed by atoms with Crippen molar-refractivity contribution in [2.75, 3.05) is 12.4 Å². The third-order valence-electron chi connectivity index (χ3n) is 4.65. The second-order valence-corrected chi connectivity index (χ2v) is 6.45. The van der Waals surface area contributed by atoms with Crippen LogP contribution >= 0.6 is 0 Å². The van der Waals surface area contributed by atoms with Gasteiger partial charge in [-0.15, -0.1) is 0 Å². The van der Waals surface area contributed by atoms with Gasteiger partial charge in [-0.25, -0.2) is 4.79 Å². The van der Waals surface area contributed by atoms with Crippen molar-refractivity contribution < 1.29 is 14.3 Å². The molecule has 5 heteroatoms. The Kier molecular flexibility index (Phi) is 5.03. The van der Waals surface area contributed by atoms with E-state index in [0.29, 0.717) is 22.4 Å². The highest BCUT2D eigenvalue weighted by molar-refractivity contribution is 6.16. The number of pyridine rings is 1. The zero-order valence-corrected chi connectivity index (χ0v) is 15.8. The van der Waals surface area contributed by atoms with E-state index in [1.807, 2.05) is 54.6 Å². The number of methoxy groups -OCH3 is 1. The van der Waals surface area contributed by atoms with Gasteiger partial charge in [0.15, 0.2) is 0 Å². The number of benzene rings is 3. The summed E-state index contributed by atoms with van der Waals surface area (Å²) in [5, 5.41) is 3.72. The molecule has 0 unspecified atom stereocenters. The van der Waals surface area contributed by atoms with E-state index in [4.69, 9.17) is 4.74 Å². The van der Waals surface area contributed by atoms with Gasteiger partial charge in [-0.3, -0.25) is 9.78 Å². The molecule has 0 saturated carbocycles. The molecule has 0 spiro atoms. The summed E-state index contributed by atoms with van der Waals surface area (Å²) in [6, 6.07) is 23.8. The Morgan fingerprint density at radius 1 is 0.862 bits per heavy atom. The first-order valence-electron chi connectivity index (χ1n) is 9.10. The molecule has 0 aliphatic rings. The highest BCUT2D eigenvalue weighted by Crippen LogP contribution is 2.30. The fraction of sp³-hybridized carbons (Fsp3) is 0.0417. The van der Waals surface area contributed by atoms with Crippen LogP contribution in [0.5, 0.6) is 0 Å². The molecule has 29 heavy (non-hydrogen) atoms. The number of fused-ring (bicyclic) bond motifs is 1. The van der Waals surface area contributed by atoms with Crippen LogP contribution in [0, 0.1) is 0 Å². The average molecular weight is 382 g/mol. The molecular formula is C24H18N2O3. The summed E-state index contributed by atoms with van der Waals surface area (Å²) >= 11 is 0. The number of carbonyl (C=O) groups is 2. The van der Waals surface area contributed by atoms with Gasteiger partial charge in [0.25, 0.3) is 5.91 Å². The maximum atomic E-state index is 13.2. The molecule has 5 nitrogen and oxygen atoms in total. The van der Waals surface area contributed by atoms with E-state index in [1.54, 1.807) is 30.5 Å². The number of hydrogen-bond donors (Lipinski definition) is 1. The fourth-order valence-electron chi connectivity index (χ4n) is 3.22. The van der Waals surface area contributed by atoms with E-state index in [9.17, 15) is 9.59 Å². The molecule has 0 fully saturated rings. The van der Waals surface area contributed by atoms with Crippen molar-refractivity contribution in [2.45, 2.75) is 0 Å². The summed E-state index contributed by atoms with van der Waals surface area (Å²) in [6.07, 6.45) is 1.69. The molecule has 1 N–H and O–H groups in total. The number of amides is 1. The Morgan fingerprint density at radius 3 is 2.28 bits per heavy atom. The molecule has 1 heterocycles. The highest BCUT2D eigenvalue weighted by atomic mass is 16.5. The monoisotopic (exact) mass is 382 g/mol. The van der Waals surface area contributed by atoms with Crippen molar-refractivity contribution in [3.05, 3.63) is 96.2 Å². The number of para-hydroxylation sites is 2. The lowest BCUT2D eigenvalue weighted by atomic mass is 9.96. The molecule has 4 rings (SSSR count). The Bertz CT molecular complexity index is 1190. The number of ether oxygens (including phenoxy) is 1. The second-order valence-electron chi connectivity index (χ2n) is 6.45. The van der Waals surface area contributed by atoms with Gasteiger partial charge in [0, 0.05) is 22.8 Å².